The smallest absolute Gasteiger partial charge is 0.251 e. The molecular weight excluding hydrogens is 481 g/mol. The normalized spacial score (nSPS) is 14.2. The van der Waals surface area contributed by atoms with Crippen LogP contribution in [-0.2, 0) is 6.42 Å². The number of aromatic nitrogens is 2. The van der Waals surface area contributed by atoms with Gasteiger partial charge in [0.1, 0.15) is 0 Å². The zero-order valence-electron chi connectivity index (χ0n) is 16.8. The second-order valence-corrected chi connectivity index (χ2v) is 6.53. The van der Waals surface area contributed by atoms with Crippen LogP contribution in [0, 0.1) is 0 Å². The number of piperazine rings is 1. The molecule has 3 rings (SSSR count). The summed E-state index contributed by atoms with van der Waals surface area (Å²) in [5.74, 6) is 1.61. The van der Waals surface area contributed by atoms with E-state index in [0.29, 0.717) is 5.56 Å². The highest BCUT2D eigenvalue weighted by Gasteiger charge is 2.20. The molecule has 0 aliphatic carbocycles. The Labute approximate surface area is 188 Å². The van der Waals surface area contributed by atoms with Gasteiger partial charge in [0.2, 0.25) is 5.95 Å². The number of guanidine groups is 1. The molecule has 1 amide bonds. The standard InChI is InChI=1S/C20H27N7O.HI/c1-21-18(28)17-6-3-5-16(15-17)7-10-25-19(22-2)26-11-13-27(14-12-26)20-23-8-4-9-24-20;/h3-6,8-9,15H,7,10-14H2,1-2H3,(H,21,28)(H,22,25);1H. The first kappa shape index (κ1) is 22.9. The first-order valence-electron chi connectivity index (χ1n) is 9.50. The molecule has 29 heavy (non-hydrogen) atoms. The molecule has 1 fully saturated rings. The molecule has 156 valence electrons. The number of hydrogen-bond donors (Lipinski definition) is 2. The minimum Gasteiger partial charge on any atom is -0.356 e. The fourth-order valence-corrected chi connectivity index (χ4v) is 3.24. The summed E-state index contributed by atoms with van der Waals surface area (Å²) in [7, 11) is 3.45. The van der Waals surface area contributed by atoms with E-state index >= 15 is 0 Å². The molecule has 8 nitrogen and oxygen atoms in total. The van der Waals surface area contributed by atoms with E-state index in [4.69, 9.17) is 0 Å². The predicted molar refractivity (Wildman–Crippen MR) is 126 cm³/mol. The summed E-state index contributed by atoms with van der Waals surface area (Å²) in [4.78, 5) is 29.3. The van der Waals surface area contributed by atoms with Crippen LogP contribution in [0.4, 0.5) is 5.95 Å². The SMILES string of the molecule is CN=C(NCCc1cccc(C(=O)NC)c1)N1CCN(c2ncccn2)CC1.I. The summed E-state index contributed by atoms with van der Waals surface area (Å²) in [5.41, 5.74) is 1.80. The van der Waals surface area contributed by atoms with Crippen molar-refractivity contribution in [3.8, 4) is 0 Å². The molecule has 0 spiro atoms. The Kier molecular flexibility index (Phi) is 9.10. The van der Waals surface area contributed by atoms with Gasteiger partial charge in [-0.3, -0.25) is 9.79 Å². The second-order valence-electron chi connectivity index (χ2n) is 6.53. The maximum absolute atomic E-state index is 11.8. The van der Waals surface area contributed by atoms with Crippen molar-refractivity contribution >= 4 is 41.8 Å². The van der Waals surface area contributed by atoms with Crippen molar-refractivity contribution in [1.82, 2.24) is 25.5 Å². The van der Waals surface area contributed by atoms with Crippen molar-refractivity contribution in [2.75, 3.05) is 51.7 Å². The number of benzene rings is 1. The second kappa shape index (κ2) is 11.5. The number of anilines is 1. The van der Waals surface area contributed by atoms with Gasteiger partial charge >= 0.3 is 0 Å². The third-order valence-corrected chi connectivity index (χ3v) is 4.74. The minimum atomic E-state index is -0.0640. The van der Waals surface area contributed by atoms with Crippen LogP contribution in [0.2, 0.25) is 0 Å². The van der Waals surface area contributed by atoms with Crippen LogP contribution >= 0.6 is 24.0 Å². The number of amides is 1. The molecule has 1 aliphatic rings. The van der Waals surface area contributed by atoms with Crippen molar-refractivity contribution in [2.24, 2.45) is 4.99 Å². The molecule has 2 heterocycles. The Morgan fingerprint density at radius 2 is 1.86 bits per heavy atom. The maximum Gasteiger partial charge on any atom is 0.251 e. The number of nitrogens with zero attached hydrogens (tertiary/aromatic N) is 5. The molecule has 1 aromatic heterocycles. The largest absolute Gasteiger partial charge is 0.356 e. The quantitative estimate of drug-likeness (QED) is 0.360. The maximum atomic E-state index is 11.8. The Morgan fingerprint density at radius 3 is 2.52 bits per heavy atom. The van der Waals surface area contributed by atoms with Gasteiger partial charge in [-0.25, -0.2) is 9.97 Å². The summed E-state index contributed by atoms with van der Waals surface area (Å²) in [5, 5.41) is 6.09. The van der Waals surface area contributed by atoms with Crippen molar-refractivity contribution < 1.29 is 4.79 Å². The highest BCUT2D eigenvalue weighted by atomic mass is 127. The molecule has 0 bridgehead atoms. The average molecular weight is 509 g/mol. The average Bonchev–Trinajstić information content (AvgIpc) is 2.77. The summed E-state index contributed by atoms with van der Waals surface area (Å²) < 4.78 is 0. The van der Waals surface area contributed by atoms with Crippen LogP contribution in [-0.4, -0.2) is 73.6 Å². The molecule has 1 aromatic carbocycles. The highest BCUT2D eigenvalue weighted by molar-refractivity contribution is 14.0. The molecule has 2 aromatic rings. The van der Waals surface area contributed by atoms with Crippen LogP contribution in [0.5, 0.6) is 0 Å². The van der Waals surface area contributed by atoms with Crippen LogP contribution < -0.4 is 15.5 Å². The van der Waals surface area contributed by atoms with Crippen molar-refractivity contribution in [3.05, 3.63) is 53.9 Å². The van der Waals surface area contributed by atoms with Gasteiger partial charge in [0.25, 0.3) is 5.91 Å². The van der Waals surface area contributed by atoms with Crippen LogP contribution in [0.15, 0.2) is 47.7 Å². The summed E-state index contributed by atoms with van der Waals surface area (Å²) in [6.45, 7) is 4.21. The number of hydrogen-bond acceptors (Lipinski definition) is 5. The summed E-state index contributed by atoms with van der Waals surface area (Å²) >= 11 is 0. The lowest BCUT2D eigenvalue weighted by atomic mass is 10.1. The molecule has 0 saturated carbocycles. The van der Waals surface area contributed by atoms with Crippen molar-refractivity contribution in [2.45, 2.75) is 6.42 Å². The van der Waals surface area contributed by atoms with Gasteiger partial charge in [0.15, 0.2) is 5.96 Å². The van der Waals surface area contributed by atoms with Gasteiger partial charge in [-0.2, -0.15) is 0 Å². The number of halogens is 1. The van der Waals surface area contributed by atoms with Crippen LogP contribution in [0.3, 0.4) is 0 Å². The molecule has 1 aliphatic heterocycles. The van der Waals surface area contributed by atoms with E-state index < -0.39 is 0 Å². The van der Waals surface area contributed by atoms with E-state index in [2.05, 4.69) is 35.4 Å². The zero-order chi connectivity index (χ0) is 19.8. The first-order valence-corrected chi connectivity index (χ1v) is 9.50. The van der Waals surface area contributed by atoms with Crippen molar-refractivity contribution in [3.63, 3.8) is 0 Å². The predicted octanol–water partition coefficient (Wildman–Crippen LogP) is 1.39. The van der Waals surface area contributed by atoms with Gasteiger partial charge < -0.3 is 20.4 Å². The Hall–Kier alpha value is -2.43. The number of carbonyl (C=O) groups is 1. The van der Waals surface area contributed by atoms with E-state index in [1.54, 1.807) is 26.5 Å². The topological polar surface area (TPSA) is 85.8 Å². The third-order valence-electron chi connectivity index (χ3n) is 4.74. The fraction of sp³-hybridized carbons (Fsp3) is 0.400. The fourth-order valence-electron chi connectivity index (χ4n) is 3.24. The van der Waals surface area contributed by atoms with Crippen LogP contribution in [0.25, 0.3) is 0 Å². The van der Waals surface area contributed by atoms with Crippen LogP contribution in [0.1, 0.15) is 15.9 Å². The Bertz CT molecular complexity index is 807. The number of carbonyl (C=O) groups excluding carboxylic acids is 1. The van der Waals surface area contributed by atoms with E-state index in [1.165, 1.54) is 0 Å². The molecule has 2 N–H and O–H groups in total. The lowest BCUT2D eigenvalue weighted by Gasteiger charge is -2.36. The van der Waals surface area contributed by atoms with Crippen molar-refractivity contribution in [1.29, 1.82) is 0 Å². The zero-order valence-corrected chi connectivity index (χ0v) is 19.2. The molecule has 0 atom stereocenters. The molecular formula is C20H28IN7O. The van der Waals surface area contributed by atoms with Gasteiger partial charge in [-0.15, -0.1) is 24.0 Å². The lowest BCUT2D eigenvalue weighted by molar-refractivity contribution is 0.0963. The molecule has 9 heteroatoms. The van der Waals surface area contributed by atoms with E-state index in [1.807, 2.05) is 30.3 Å². The first-order chi connectivity index (χ1) is 13.7. The third kappa shape index (κ3) is 6.28. The van der Waals surface area contributed by atoms with E-state index in [0.717, 1.165) is 56.6 Å². The Balaban J connectivity index is 0.00000300. The van der Waals surface area contributed by atoms with Gasteiger partial charge in [0, 0.05) is 64.8 Å². The summed E-state index contributed by atoms with van der Waals surface area (Å²) in [6.07, 6.45) is 4.37. The van der Waals surface area contributed by atoms with Gasteiger partial charge in [-0.1, -0.05) is 12.1 Å². The number of rotatable bonds is 5. The number of nitrogens with one attached hydrogen (secondary N) is 2. The lowest BCUT2D eigenvalue weighted by Crippen LogP contribution is -2.53. The van der Waals surface area contributed by atoms with E-state index in [9.17, 15) is 4.79 Å². The van der Waals surface area contributed by atoms with Gasteiger partial charge in [0.05, 0.1) is 0 Å². The van der Waals surface area contributed by atoms with Gasteiger partial charge in [-0.05, 0) is 30.2 Å². The molecule has 0 unspecified atom stereocenters. The number of aliphatic imine (C=N–C) groups is 1. The monoisotopic (exact) mass is 509 g/mol. The summed E-state index contributed by atoms with van der Waals surface area (Å²) in [6, 6.07) is 9.54. The highest BCUT2D eigenvalue weighted by Crippen LogP contribution is 2.10. The van der Waals surface area contributed by atoms with E-state index in [-0.39, 0.29) is 29.9 Å². The Morgan fingerprint density at radius 1 is 1.14 bits per heavy atom. The minimum absolute atomic E-state index is 0. The molecule has 1 saturated heterocycles. The molecule has 0 radical (unpaired) electrons.